The summed E-state index contributed by atoms with van der Waals surface area (Å²) in [6, 6.07) is 2.73. The zero-order valence-electron chi connectivity index (χ0n) is 13.4. The van der Waals surface area contributed by atoms with Crippen LogP contribution in [0.2, 0.25) is 0 Å². The lowest BCUT2D eigenvalue weighted by Gasteiger charge is -2.33. The Morgan fingerprint density at radius 2 is 2.08 bits per heavy atom. The Labute approximate surface area is 147 Å². The van der Waals surface area contributed by atoms with Crippen molar-refractivity contribution in [2.24, 2.45) is 5.73 Å². The van der Waals surface area contributed by atoms with Gasteiger partial charge in [0.2, 0.25) is 10.0 Å². The number of carbonyl (C=O) groups is 1. The van der Waals surface area contributed by atoms with Crippen LogP contribution in [-0.2, 0) is 14.8 Å². The van der Waals surface area contributed by atoms with Gasteiger partial charge in [0.1, 0.15) is 5.82 Å². The Balaban J connectivity index is 0.00000288. The number of benzene rings is 1. The molecule has 1 aromatic rings. The normalized spacial score (nSPS) is 18.7. The maximum Gasteiger partial charge on any atom is 0.338 e. The van der Waals surface area contributed by atoms with Crippen LogP contribution in [0.5, 0.6) is 0 Å². The van der Waals surface area contributed by atoms with Crippen LogP contribution in [0.4, 0.5) is 4.39 Å². The number of esters is 1. The van der Waals surface area contributed by atoms with Gasteiger partial charge in [-0.3, -0.25) is 0 Å². The molecule has 0 bridgehead atoms. The van der Waals surface area contributed by atoms with Crippen molar-refractivity contribution in [3.8, 4) is 0 Å². The van der Waals surface area contributed by atoms with Gasteiger partial charge in [0.25, 0.3) is 0 Å². The molecule has 0 saturated carbocycles. The minimum absolute atomic E-state index is 0. The fourth-order valence-corrected chi connectivity index (χ4v) is 4.47. The molecular formula is C15H22ClFN2O4S. The Hall–Kier alpha value is -1.22. The molecule has 1 saturated heterocycles. The average Bonchev–Trinajstić information content (AvgIpc) is 2.54. The number of nitrogens with zero attached hydrogens (tertiary/aromatic N) is 1. The fourth-order valence-electron chi connectivity index (χ4n) is 2.71. The van der Waals surface area contributed by atoms with E-state index in [0.29, 0.717) is 13.0 Å². The predicted molar refractivity (Wildman–Crippen MR) is 90.2 cm³/mol. The molecule has 1 atom stereocenters. The molecule has 6 nitrogen and oxygen atoms in total. The zero-order chi connectivity index (χ0) is 17.0. The molecule has 1 aromatic carbocycles. The molecule has 0 spiro atoms. The highest BCUT2D eigenvalue weighted by Crippen LogP contribution is 2.26. The number of rotatable bonds is 5. The van der Waals surface area contributed by atoms with Gasteiger partial charge < -0.3 is 10.5 Å². The number of halogens is 2. The van der Waals surface area contributed by atoms with Gasteiger partial charge in [-0.2, -0.15) is 4.31 Å². The van der Waals surface area contributed by atoms with Crippen LogP contribution in [0.15, 0.2) is 23.1 Å². The van der Waals surface area contributed by atoms with Gasteiger partial charge in [-0.05, 0) is 38.0 Å². The summed E-state index contributed by atoms with van der Waals surface area (Å²) in [7, 11) is -3.91. The van der Waals surface area contributed by atoms with Crippen molar-refractivity contribution < 1.29 is 22.3 Å². The zero-order valence-corrected chi connectivity index (χ0v) is 15.0. The summed E-state index contributed by atoms with van der Waals surface area (Å²) in [6.45, 7) is 2.29. The standard InChI is InChI=1S/C15H21FN2O4S.ClH/c1-2-22-15(19)11-7-12(16)9-14(8-11)23(20,21)18-6-4-3-5-13(18)10-17;/h7-9,13H,2-6,10,17H2,1H3;1H. The van der Waals surface area contributed by atoms with Gasteiger partial charge in [-0.25, -0.2) is 17.6 Å². The molecule has 0 radical (unpaired) electrons. The highest BCUT2D eigenvalue weighted by atomic mass is 35.5. The third-order valence-electron chi connectivity index (χ3n) is 3.83. The van der Waals surface area contributed by atoms with Crippen molar-refractivity contribution in [1.82, 2.24) is 4.31 Å². The summed E-state index contributed by atoms with van der Waals surface area (Å²) in [5.74, 6) is -1.55. The summed E-state index contributed by atoms with van der Waals surface area (Å²) in [5, 5.41) is 0. The molecule has 0 aromatic heterocycles. The van der Waals surface area contributed by atoms with Gasteiger partial charge >= 0.3 is 5.97 Å². The fraction of sp³-hybridized carbons (Fsp3) is 0.533. The Morgan fingerprint density at radius 3 is 2.71 bits per heavy atom. The molecule has 2 N–H and O–H groups in total. The molecule has 0 amide bonds. The first kappa shape index (κ1) is 20.8. The highest BCUT2D eigenvalue weighted by molar-refractivity contribution is 7.89. The van der Waals surface area contributed by atoms with Gasteiger partial charge in [-0.15, -0.1) is 12.4 Å². The quantitative estimate of drug-likeness (QED) is 0.788. The first-order valence-corrected chi connectivity index (χ1v) is 9.03. The first-order chi connectivity index (χ1) is 10.9. The van der Waals surface area contributed by atoms with E-state index in [9.17, 15) is 17.6 Å². The van der Waals surface area contributed by atoms with Gasteiger partial charge in [-0.1, -0.05) is 6.42 Å². The van der Waals surface area contributed by atoms with Crippen LogP contribution in [0.1, 0.15) is 36.5 Å². The number of hydrogen-bond donors (Lipinski definition) is 1. The maximum atomic E-state index is 13.8. The number of ether oxygens (including phenoxy) is 1. The SMILES string of the molecule is CCOC(=O)c1cc(F)cc(S(=O)(=O)N2CCCCC2CN)c1.Cl. The van der Waals surface area contributed by atoms with Crippen LogP contribution in [-0.4, -0.2) is 44.4 Å². The third-order valence-corrected chi connectivity index (χ3v) is 5.76. The van der Waals surface area contributed by atoms with E-state index in [1.807, 2.05) is 0 Å². The van der Waals surface area contributed by atoms with Crippen molar-refractivity contribution >= 4 is 28.4 Å². The molecular weight excluding hydrogens is 359 g/mol. The average molecular weight is 381 g/mol. The summed E-state index contributed by atoms with van der Waals surface area (Å²) < 4.78 is 45.5. The second-order valence-electron chi connectivity index (χ2n) is 5.40. The van der Waals surface area contributed by atoms with Gasteiger partial charge in [0.15, 0.2) is 0 Å². The van der Waals surface area contributed by atoms with E-state index in [-0.39, 0.29) is 42.1 Å². The lowest BCUT2D eigenvalue weighted by atomic mass is 10.1. The molecule has 1 aliphatic heterocycles. The number of sulfonamides is 1. The molecule has 9 heteroatoms. The molecule has 1 unspecified atom stereocenters. The van der Waals surface area contributed by atoms with Crippen molar-refractivity contribution in [2.75, 3.05) is 19.7 Å². The molecule has 2 rings (SSSR count). The predicted octanol–water partition coefficient (Wildman–Crippen LogP) is 1.93. The van der Waals surface area contributed by atoms with Crippen molar-refractivity contribution in [3.63, 3.8) is 0 Å². The van der Waals surface area contributed by atoms with Crippen molar-refractivity contribution in [2.45, 2.75) is 37.1 Å². The Morgan fingerprint density at radius 1 is 1.38 bits per heavy atom. The van der Waals surface area contributed by atoms with E-state index in [1.54, 1.807) is 6.92 Å². The van der Waals surface area contributed by atoms with E-state index in [0.717, 1.165) is 31.0 Å². The molecule has 24 heavy (non-hydrogen) atoms. The van der Waals surface area contributed by atoms with Crippen molar-refractivity contribution in [1.29, 1.82) is 0 Å². The maximum absolute atomic E-state index is 13.8. The highest BCUT2D eigenvalue weighted by Gasteiger charge is 2.33. The Bertz CT molecular complexity index is 684. The smallest absolute Gasteiger partial charge is 0.338 e. The minimum atomic E-state index is -3.91. The van der Waals surface area contributed by atoms with Crippen LogP contribution in [0, 0.1) is 5.82 Å². The lowest BCUT2D eigenvalue weighted by molar-refractivity contribution is 0.0525. The van der Waals surface area contributed by atoms with Crippen LogP contribution in [0.25, 0.3) is 0 Å². The second-order valence-corrected chi connectivity index (χ2v) is 7.29. The second kappa shape index (κ2) is 8.75. The van der Waals surface area contributed by atoms with Crippen molar-refractivity contribution in [3.05, 3.63) is 29.6 Å². The Kier molecular flexibility index (Phi) is 7.59. The summed E-state index contributed by atoms with van der Waals surface area (Å²) in [4.78, 5) is 11.5. The third kappa shape index (κ3) is 4.44. The van der Waals surface area contributed by atoms with Crippen LogP contribution < -0.4 is 5.73 Å². The summed E-state index contributed by atoms with van der Waals surface area (Å²) in [6.07, 6.45) is 2.32. The van der Waals surface area contributed by atoms with E-state index in [4.69, 9.17) is 10.5 Å². The molecule has 1 fully saturated rings. The van der Waals surface area contributed by atoms with E-state index < -0.39 is 21.8 Å². The van der Waals surface area contributed by atoms with E-state index in [2.05, 4.69) is 0 Å². The number of carbonyl (C=O) groups excluding carboxylic acids is 1. The number of piperidine rings is 1. The number of nitrogens with two attached hydrogens (primary N) is 1. The largest absolute Gasteiger partial charge is 0.462 e. The first-order valence-electron chi connectivity index (χ1n) is 7.59. The van der Waals surface area contributed by atoms with Gasteiger partial charge in [0.05, 0.1) is 17.1 Å². The molecule has 0 aliphatic carbocycles. The minimum Gasteiger partial charge on any atom is -0.462 e. The summed E-state index contributed by atoms with van der Waals surface area (Å²) >= 11 is 0. The monoisotopic (exact) mass is 380 g/mol. The van der Waals surface area contributed by atoms with Crippen LogP contribution in [0.3, 0.4) is 0 Å². The topological polar surface area (TPSA) is 89.7 Å². The summed E-state index contributed by atoms with van der Waals surface area (Å²) in [5.41, 5.74) is 5.54. The molecule has 1 aliphatic rings. The van der Waals surface area contributed by atoms with Gasteiger partial charge in [0, 0.05) is 19.1 Å². The van der Waals surface area contributed by atoms with E-state index >= 15 is 0 Å². The lowest BCUT2D eigenvalue weighted by Crippen LogP contribution is -2.47. The number of hydrogen-bond acceptors (Lipinski definition) is 5. The molecule has 136 valence electrons. The molecule has 1 heterocycles. The van der Waals surface area contributed by atoms with Crippen LogP contribution >= 0.6 is 12.4 Å². The van der Waals surface area contributed by atoms with E-state index in [1.165, 1.54) is 4.31 Å².